The van der Waals surface area contributed by atoms with Crippen molar-refractivity contribution >= 4 is 29.9 Å². The van der Waals surface area contributed by atoms with E-state index in [2.05, 4.69) is 20.1 Å². The Bertz CT molecular complexity index is 593. The minimum atomic E-state index is -0.211. The number of piperidine rings is 1. The average Bonchev–Trinajstić information content (AvgIpc) is 2.70. The third kappa shape index (κ3) is 8.74. The highest BCUT2D eigenvalue weighted by molar-refractivity contribution is 14.0. The van der Waals surface area contributed by atoms with E-state index in [4.69, 9.17) is 9.47 Å². The van der Waals surface area contributed by atoms with Crippen LogP contribution in [0.1, 0.15) is 30.9 Å². The maximum atomic E-state index is 13.2. The maximum Gasteiger partial charge on any atom is 0.193 e. The van der Waals surface area contributed by atoms with Gasteiger partial charge < -0.3 is 24.6 Å². The van der Waals surface area contributed by atoms with Gasteiger partial charge in [0.15, 0.2) is 5.96 Å². The van der Waals surface area contributed by atoms with E-state index in [0.717, 1.165) is 57.1 Å². The summed E-state index contributed by atoms with van der Waals surface area (Å²) in [7, 11) is 7.60. The minimum Gasteiger partial charge on any atom is -0.385 e. The molecule has 1 heterocycles. The molecule has 1 aromatic rings. The number of guanidine groups is 1. The van der Waals surface area contributed by atoms with Gasteiger partial charge in [0.1, 0.15) is 5.82 Å². The summed E-state index contributed by atoms with van der Waals surface area (Å²) in [5.41, 5.74) is 1.08. The molecule has 1 fully saturated rings. The second-order valence-corrected chi connectivity index (χ2v) is 7.36. The number of ether oxygens (including phenoxy) is 2. The summed E-state index contributed by atoms with van der Waals surface area (Å²) in [6, 6.07) is 6.85. The van der Waals surface area contributed by atoms with E-state index in [-0.39, 0.29) is 35.8 Å². The highest BCUT2D eigenvalue weighted by Crippen LogP contribution is 2.19. The van der Waals surface area contributed by atoms with Crippen LogP contribution in [0, 0.1) is 5.82 Å². The fraction of sp³-hybridized carbons (Fsp3) is 0.667. The highest BCUT2D eigenvalue weighted by Gasteiger charge is 2.23. The summed E-state index contributed by atoms with van der Waals surface area (Å²) in [6.07, 6.45) is 3.26. The molecule has 1 aliphatic heterocycles. The van der Waals surface area contributed by atoms with Gasteiger partial charge in [-0.15, -0.1) is 24.0 Å². The molecule has 1 aromatic carbocycles. The summed E-state index contributed by atoms with van der Waals surface area (Å²) in [5, 5.41) is 3.49. The number of hydrogen-bond acceptors (Lipinski definition) is 4. The van der Waals surface area contributed by atoms with Crippen LogP contribution in [0.15, 0.2) is 29.3 Å². The number of likely N-dealkylation sites (N-methyl/N-ethyl adjacent to an activating group) is 1. The zero-order valence-corrected chi connectivity index (χ0v) is 20.4. The number of aliphatic imine (C=N–C) groups is 1. The molecule has 8 heteroatoms. The van der Waals surface area contributed by atoms with E-state index in [1.54, 1.807) is 7.11 Å². The molecule has 1 atom stereocenters. The molecule has 6 nitrogen and oxygen atoms in total. The number of likely N-dealkylation sites (tertiary alicyclic amines) is 1. The summed E-state index contributed by atoms with van der Waals surface area (Å²) in [5.74, 6) is 0.698. The van der Waals surface area contributed by atoms with Crippen molar-refractivity contribution in [2.45, 2.75) is 31.4 Å². The number of nitrogens with zero attached hydrogens (tertiary/aromatic N) is 3. The summed E-state index contributed by atoms with van der Waals surface area (Å²) >= 11 is 0. The Morgan fingerprint density at radius 3 is 2.45 bits per heavy atom. The first-order chi connectivity index (χ1) is 13.5. The molecule has 166 valence electrons. The molecule has 1 saturated heterocycles. The highest BCUT2D eigenvalue weighted by atomic mass is 127. The third-order valence-electron chi connectivity index (χ3n) is 5.13. The fourth-order valence-electron chi connectivity index (χ4n) is 3.49. The Labute approximate surface area is 191 Å². The fourth-order valence-corrected chi connectivity index (χ4v) is 3.49. The monoisotopic (exact) mass is 522 g/mol. The van der Waals surface area contributed by atoms with Gasteiger partial charge in [-0.3, -0.25) is 4.99 Å². The SMILES string of the molecule is CN=C(NCC(c1ccc(F)cc1)N(C)C)N1CCC(OCCCOC)CC1.I. The lowest BCUT2D eigenvalue weighted by Crippen LogP contribution is -2.48. The molecule has 2 rings (SSSR count). The molecular weight excluding hydrogens is 486 g/mol. The van der Waals surface area contributed by atoms with Crippen molar-refractivity contribution in [3.05, 3.63) is 35.6 Å². The molecule has 0 saturated carbocycles. The summed E-state index contributed by atoms with van der Waals surface area (Å²) in [4.78, 5) is 8.87. The van der Waals surface area contributed by atoms with Crippen molar-refractivity contribution in [2.75, 3.05) is 61.1 Å². The van der Waals surface area contributed by atoms with Gasteiger partial charge in [-0.1, -0.05) is 12.1 Å². The number of hydrogen-bond donors (Lipinski definition) is 1. The first-order valence-corrected chi connectivity index (χ1v) is 10.0. The maximum absolute atomic E-state index is 13.2. The van der Waals surface area contributed by atoms with Gasteiger partial charge in [-0.25, -0.2) is 4.39 Å². The number of benzene rings is 1. The van der Waals surface area contributed by atoms with E-state index >= 15 is 0 Å². The van der Waals surface area contributed by atoms with Gasteiger partial charge in [0.05, 0.1) is 12.1 Å². The van der Waals surface area contributed by atoms with Crippen LogP contribution in [-0.2, 0) is 9.47 Å². The molecule has 0 spiro atoms. The normalized spacial score (nSPS) is 16.6. The smallest absolute Gasteiger partial charge is 0.193 e. The molecule has 0 bridgehead atoms. The number of halogens is 2. The quantitative estimate of drug-likeness (QED) is 0.234. The van der Waals surface area contributed by atoms with E-state index in [1.165, 1.54) is 12.1 Å². The van der Waals surface area contributed by atoms with E-state index in [0.29, 0.717) is 12.6 Å². The number of nitrogens with one attached hydrogen (secondary N) is 1. The Morgan fingerprint density at radius 1 is 1.24 bits per heavy atom. The molecule has 29 heavy (non-hydrogen) atoms. The van der Waals surface area contributed by atoms with Gasteiger partial charge in [0, 0.05) is 47.0 Å². The van der Waals surface area contributed by atoms with Gasteiger partial charge >= 0.3 is 0 Å². The van der Waals surface area contributed by atoms with Crippen molar-refractivity contribution in [1.29, 1.82) is 0 Å². The van der Waals surface area contributed by atoms with Crippen LogP contribution in [0.2, 0.25) is 0 Å². The van der Waals surface area contributed by atoms with Crippen molar-refractivity contribution in [1.82, 2.24) is 15.1 Å². The third-order valence-corrected chi connectivity index (χ3v) is 5.13. The molecule has 1 unspecified atom stereocenters. The lowest BCUT2D eigenvalue weighted by atomic mass is 10.1. The van der Waals surface area contributed by atoms with Crippen molar-refractivity contribution < 1.29 is 13.9 Å². The predicted octanol–water partition coefficient (Wildman–Crippen LogP) is 3.14. The van der Waals surface area contributed by atoms with Crippen LogP contribution in [0.25, 0.3) is 0 Å². The van der Waals surface area contributed by atoms with Gasteiger partial charge in [0.25, 0.3) is 0 Å². The average molecular weight is 522 g/mol. The Morgan fingerprint density at radius 2 is 1.90 bits per heavy atom. The Hall–Kier alpha value is -0.970. The van der Waals surface area contributed by atoms with E-state index < -0.39 is 0 Å². The van der Waals surface area contributed by atoms with Crippen LogP contribution in [0.5, 0.6) is 0 Å². The van der Waals surface area contributed by atoms with Crippen molar-refractivity contribution in [2.24, 2.45) is 4.99 Å². The molecule has 1 N–H and O–H groups in total. The first kappa shape index (κ1) is 26.1. The lowest BCUT2D eigenvalue weighted by molar-refractivity contribution is 0.00987. The zero-order chi connectivity index (χ0) is 20.4. The van der Waals surface area contributed by atoms with Gasteiger partial charge in [-0.2, -0.15) is 0 Å². The number of rotatable bonds is 9. The molecule has 1 aliphatic rings. The van der Waals surface area contributed by atoms with Gasteiger partial charge in [0.2, 0.25) is 0 Å². The largest absolute Gasteiger partial charge is 0.385 e. The standard InChI is InChI=1S/C21H35FN4O2.HI/c1-23-21(26-12-10-19(11-13-26)28-15-5-14-27-4)24-16-20(25(2)3)17-6-8-18(22)9-7-17;/h6-9,19-20H,5,10-16H2,1-4H3,(H,23,24);1H. The topological polar surface area (TPSA) is 49.3 Å². The van der Waals surface area contributed by atoms with Crippen LogP contribution >= 0.6 is 24.0 Å². The van der Waals surface area contributed by atoms with Crippen LogP contribution < -0.4 is 5.32 Å². The van der Waals surface area contributed by atoms with Crippen LogP contribution in [-0.4, -0.2) is 83.0 Å². The zero-order valence-electron chi connectivity index (χ0n) is 18.1. The molecule has 0 aromatic heterocycles. The summed E-state index contributed by atoms with van der Waals surface area (Å²) < 4.78 is 24.2. The lowest BCUT2D eigenvalue weighted by Gasteiger charge is -2.35. The molecular formula is C21H36FIN4O2. The molecule has 0 radical (unpaired) electrons. The second-order valence-electron chi connectivity index (χ2n) is 7.36. The van der Waals surface area contributed by atoms with Crippen LogP contribution in [0.3, 0.4) is 0 Å². The number of methoxy groups -OCH3 is 1. The minimum absolute atomic E-state index is 0. The molecule has 0 aliphatic carbocycles. The summed E-state index contributed by atoms with van der Waals surface area (Å²) in [6.45, 7) is 4.07. The molecule has 0 amide bonds. The van der Waals surface area contributed by atoms with E-state index in [1.807, 2.05) is 33.3 Å². The second kappa shape index (κ2) is 14.1. The Balaban J connectivity index is 0.00000420. The predicted molar refractivity (Wildman–Crippen MR) is 127 cm³/mol. The van der Waals surface area contributed by atoms with E-state index in [9.17, 15) is 4.39 Å². The van der Waals surface area contributed by atoms with Crippen molar-refractivity contribution in [3.8, 4) is 0 Å². The Kier molecular flexibility index (Phi) is 12.7. The van der Waals surface area contributed by atoms with Crippen LogP contribution in [0.4, 0.5) is 4.39 Å². The first-order valence-electron chi connectivity index (χ1n) is 10.0. The van der Waals surface area contributed by atoms with Crippen molar-refractivity contribution in [3.63, 3.8) is 0 Å². The van der Waals surface area contributed by atoms with Gasteiger partial charge in [-0.05, 0) is 51.1 Å².